The Morgan fingerprint density at radius 2 is 1.88 bits per heavy atom. The van der Waals surface area contributed by atoms with E-state index in [1.807, 2.05) is 56.3 Å². The number of aromatic nitrogens is 1. The molecule has 3 aromatic rings. The Morgan fingerprint density at radius 3 is 2.58 bits per heavy atom. The zero-order valence-electron chi connectivity index (χ0n) is 18.6. The monoisotopic (exact) mass is 439 g/mol. The number of dihydropyridines is 1. The number of amides is 1. The van der Waals surface area contributed by atoms with Crippen molar-refractivity contribution in [3.63, 3.8) is 0 Å². The maximum atomic E-state index is 13.5. The van der Waals surface area contributed by atoms with Crippen LogP contribution < -0.4 is 10.6 Å². The van der Waals surface area contributed by atoms with Gasteiger partial charge >= 0.3 is 0 Å². The highest BCUT2D eigenvalue weighted by Crippen LogP contribution is 2.45. The number of benzene rings is 1. The highest BCUT2D eigenvalue weighted by Gasteiger charge is 2.41. The molecular weight excluding hydrogens is 414 g/mol. The molecule has 3 heterocycles. The van der Waals surface area contributed by atoms with Crippen molar-refractivity contribution in [3.05, 3.63) is 106 Å². The molecule has 2 N–H and O–H groups in total. The van der Waals surface area contributed by atoms with Crippen molar-refractivity contribution in [1.29, 1.82) is 0 Å². The van der Waals surface area contributed by atoms with Gasteiger partial charge in [0.25, 0.3) is 5.91 Å². The summed E-state index contributed by atoms with van der Waals surface area (Å²) in [5.41, 5.74) is 4.84. The number of nitrogens with one attached hydrogen (secondary N) is 2. The van der Waals surface area contributed by atoms with Gasteiger partial charge in [0.15, 0.2) is 5.78 Å². The second-order valence-corrected chi connectivity index (χ2v) is 8.61. The summed E-state index contributed by atoms with van der Waals surface area (Å²) in [5.74, 6) is 0.579. The van der Waals surface area contributed by atoms with Crippen LogP contribution in [0.5, 0.6) is 0 Å². The van der Waals surface area contributed by atoms with E-state index in [9.17, 15) is 9.59 Å². The Morgan fingerprint density at radius 1 is 1.06 bits per heavy atom. The van der Waals surface area contributed by atoms with Crippen molar-refractivity contribution >= 4 is 17.5 Å². The molecule has 0 spiro atoms. The number of rotatable bonds is 4. The molecule has 1 aromatic carbocycles. The molecule has 33 heavy (non-hydrogen) atoms. The summed E-state index contributed by atoms with van der Waals surface area (Å²) in [6, 6.07) is 17.2. The van der Waals surface area contributed by atoms with E-state index in [1.165, 1.54) is 0 Å². The number of Topliss-reactive ketones (excluding diaryl/α,β-unsaturated/α-hetero) is 1. The third-order valence-corrected chi connectivity index (χ3v) is 6.33. The standard InChI is InChI=1S/C27H25N3O3/c1-16-8-10-18(11-9-16)25-24(27(32)30-23-7-3-4-12-28-23)17(2)29-20-14-19(15-21(31)26(20)25)22-6-5-13-33-22/h3-13,19,25,29H,14-15H2,1-2H3,(H,28,30,32)/t19-,25+/m0/s1. The van der Waals surface area contributed by atoms with Crippen molar-refractivity contribution in [2.24, 2.45) is 0 Å². The van der Waals surface area contributed by atoms with Gasteiger partial charge in [0.1, 0.15) is 11.6 Å². The first-order valence-corrected chi connectivity index (χ1v) is 11.1. The zero-order chi connectivity index (χ0) is 22.9. The molecule has 0 unspecified atom stereocenters. The van der Waals surface area contributed by atoms with E-state index in [0.717, 1.165) is 28.3 Å². The third kappa shape index (κ3) is 4.00. The molecule has 0 saturated carbocycles. The average molecular weight is 440 g/mol. The van der Waals surface area contributed by atoms with E-state index in [2.05, 4.69) is 15.6 Å². The van der Waals surface area contributed by atoms with Crippen LogP contribution in [0.15, 0.2) is 94.0 Å². The fourth-order valence-corrected chi connectivity index (χ4v) is 4.78. The number of hydrogen-bond donors (Lipinski definition) is 2. The maximum Gasteiger partial charge on any atom is 0.255 e. The Hall–Kier alpha value is -3.93. The van der Waals surface area contributed by atoms with Crippen molar-refractivity contribution in [2.75, 3.05) is 5.32 Å². The van der Waals surface area contributed by atoms with Gasteiger partial charge in [-0.15, -0.1) is 0 Å². The van der Waals surface area contributed by atoms with Gasteiger partial charge < -0.3 is 15.1 Å². The van der Waals surface area contributed by atoms with Crippen LogP contribution in [0.1, 0.15) is 48.5 Å². The largest absolute Gasteiger partial charge is 0.469 e. The van der Waals surface area contributed by atoms with Crippen molar-refractivity contribution in [1.82, 2.24) is 10.3 Å². The van der Waals surface area contributed by atoms with Gasteiger partial charge in [-0.25, -0.2) is 4.98 Å². The highest BCUT2D eigenvalue weighted by atomic mass is 16.3. The number of anilines is 1. The molecule has 2 atom stereocenters. The molecule has 6 heteroatoms. The quantitative estimate of drug-likeness (QED) is 0.599. The lowest BCUT2D eigenvalue weighted by molar-refractivity contribution is -0.116. The van der Waals surface area contributed by atoms with Crippen molar-refractivity contribution in [2.45, 2.75) is 38.5 Å². The van der Waals surface area contributed by atoms with Crippen LogP contribution in [0.3, 0.4) is 0 Å². The first kappa shape index (κ1) is 20.9. The molecule has 5 rings (SSSR count). The molecule has 0 bridgehead atoms. The minimum atomic E-state index is -0.449. The molecule has 0 fully saturated rings. The zero-order valence-corrected chi connectivity index (χ0v) is 18.6. The van der Waals surface area contributed by atoms with E-state index in [-0.39, 0.29) is 17.6 Å². The van der Waals surface area contributed by atoms with E-state index in [4.69, 9.17) is 4.42 Å². The van der Waals surface area contributed by atoms with Gasteiger partial charge in [0.05, 0.1) is 6.26 Å². The summed E-state index contributed by atoms with van der Waals surface area (Å²) >= 11 is 0. The van der Waals surface area contributed by atoms with Gasteiger partial charge in [-0.2, -0.15) is 0 Å². The predicted octanol–water partition coefficient (Wildman–Crippen LogP) is 4.98. The van der Waals surface area contributed by atoms with Crippen molar-refractivity contribution < 1.29 is 14.0 Å². The van der Waals surface area contributed by atoms with Gasteiger partial charge in [-0.05, 0) is 50.1 Å². The lowest BCUT2D eigenvalue weighted by Crippen LogP contribution is -2.37. The Kier molecular flexibility index (Phi) is 5.42. The number of pyridine rings is 1. The number of allylic oxidation sites excluding steroid dienone is 3. The summed E-state index contributed by atoms with van der Waals surface area (Å²) in [7, 11) is 0. The molecule has 166 valence electrons. The summed E-state index contributed by atoms with van der Waals surface area (Å²) in [5, 5.41) is 6.28. The van der Waals surface area contributed by atoms with Crippen molar-refractivity contribution in [3.8, 4) is 0 Å². The fourth-order valence-electron chi connectivity index (χ4n) is 4.78. The first-order valence-electron chi connectivity index (χ1n) is 11.1. The molecule has 2 aliphatic rings. The second-order valence-electron chi connectivity index (χ2n) is 8.61. The average Bonchev–Trinajstić information content (AvgIpc) is 3.34. The second kappa shape index (κ2) is 8.54. The summed E-state index contributed by atoms with van der Waals surface area (Å²) in [6.07, 6.45) is 4.28. The smallest absolute Gasteiger partial charge is 0.255 e. The summed E-state index contributed by atoms with van der Waals surface area (Å²) in [6.45, 7) is 3.91. The van der Waals surface area contributed by atoms with E-state index >= 15 is 0 Å². The number of carbonyl (C=O) groups is 2. The Balaban J connectivity index is 1.57. The van der Waals surface area contributed by atoms with Gasteiger partial charge in [-0.1, -0.05) is 35.9 Å². The number of carbonyl (C=O) groups excluding carboxylic acids is 2. The fraction of sp³-hybridized carbons (Fsp3) is 0.222. The first-order chi connectivity index (χ1) is 16.0. The molecule has 1 aliphatic carbocycles. The van der Waals surface area contributed by atoms with Crippen LogP contribution in [0.2, 0.25) is 0 Å². The molecule has 0 saturated heterocycles. The lowest BCUT2D eigenvalue weighted by Gasteiger charge is -2.36. The van der Waals surface area contributed by atoms with Crippen LogP contribution in [-0.4, -0.2) is 16.7 Å². The lowest BCUT2D eigenvalue weighted by atomic mass is 9.72. The van der Waals surface area contributed by atoms with Crippen LogP contribution in [0.4, 0.5) is 5.82 Å². The molecule has 6 nitrogen and oxygen atoms in total. The SMILES string of the molecule is CC1=C(C(=O)Nc2ccccn2)[C@@H](c2ccc(C)cc2)C2=C(C[C@H](c3ccco3)CC2=O)N1. The maximum absolute atomic E-state index is 13.5. The van der Waals surface area contributed by atoms with Crippen LogP contribution >= 0.6 is 0 Å². The Labute approximate surface area is 192 Å². The van der Waals surface area contributed by atoms with Gasteiger partial charge in [0, 0.05) is 47.0 Å². The van der Waals surface area contributed by atoms with E-state index in [1.54, 1.807) is 24.6 Å². The number of aryl methyl sites for hydroxylation is 1. The van der Waals surface area contributed by atoms with Crippen LogP contribution in [0.25, 0.3) is 0 Å². The van der Waals surface area contributed by atoms with Gasteiger partial charge in [0.2, 0.25) is 0 Å². The Bertz CT molecular complexity index is 1260. The third-order valence-electron chi connectivity index (χ3n) is 6.33. The number of furan rings is 1. The number of nitrogens with zero attached hydrogens (tertiary/aromatic N) is 1. The normalized spacial score (nSPS) is 20.4. The molecule has 1 aliphatic heterocycles. The van der Waals surface area contributed by atoms with E-state index in [0.29, 0.717) is 29.8 Å². The molecule has 2 aromatic heterocycles. The van der Waals surface area contributed by atoms with Gasteiger partial charge in [-0.3, -0.25) is 9.59 Å². The summed E-state index contributed by atoms with van der Waals surface area (Å²) < 4.78 is 5.59. The molecule has 1 amide bonds. The van der Waals surface area contributed by atoms with Crippen LogP contribution in [-0.2, 0) is 9.59 Å². The number of ketones is 1. The predicted molar refractivity (Wildman–Crippen MR) is 125 cm³/mol. The minimum Gasteiger partial charge on any atom is -0.469 e. The minimum absolute atomic E-state index is 0.0193. The van der Waals surface area contributed by atoms with Crippen LogP contribution in [0, 0.1) is 6.92 Å². The van der Waals surface area contributed by atoms with E-state index < -0.39 is 5.92 Å². The summed E-state index contributed by atoms with van der Waals surface area (Å²) in [4.78, 5) is 31.2. The topological polar surface area (TPSA) is 84.2 Å². The molecule has 0 radical (unpaired) electrons. The number of hydrogen-bond acceptors (Lipinski definition) is 5. The highest BCUT2D eigenvalue weighted by molar-refractivity contribution is 6.09. The molecular formula is C27H25N3O3.